The van der Waals surface area contributed by atoms with E-state index >= 15 is 0 Å². The molecule has 0 aliphatic carbocycles. The second-order valence-corrected chi connectivity index (χ2v) is 7.63. The van der Waals surface area contributed by atoms with Gasteiger partial charge in [0.25, 0.3) is 5.56 Å². The van der Waals surface area contributed by atoms with Crippen LogP contribution in [-0.2, 0) is 0 Å². The Labute approximate surface area is 166 Å². The fourth-order valence-electron chi connectivity index (χ4n) is 3.80. The van der Waals surface area contributed by atoms with E-state index in [9.17, 15) is 4.79 Å². The Kier molecular flexibility index (Phi) is 2.94. The van der Waals surface area contributed by atoms with Crippen LogP contribution >= 0.6 is 22.6 Å². The van der Waals surface area contributed by atoms with Crippen molar-refractivity contribution in [2.45, 2.75) is 0 Å². The summed E-state index contributed by atoms with van der Waals surface area (Å²) in [6.45, 7) is 0. The predicted octanol–water partition coefficient (Wildman–Crippen LogP) is 4.41. The maximum Gasteiger partial charge on any atom is 0.267 e. The quantitative estimate of drug-likeness (QED) is 0.191. The summed E-state index contributed by atoms with van der Waals surface area (Å²) < 4.78 is 4.65. The topological polar surface area (TPSA) is 51.7 Å². The number of nitrogens with zero attached hydrogens (tertiary/aromatic N) is 4. The molecule has 0 N–H and O–H groups in total. The lowest BCUT2D eigenvalue weighted by atomic mass is 10.2. The first kappa shape index (κ1) is 15.1. The van der Waals surface area contributed by atoms with Gasteiger partial charge in [0.15, 0.2) is 0 Å². The van der Waals surface area contributed by atoms with E-state index in [2.05, 4.69) is 22.6 Å². The average molecular weight is 462 g/mol. The molecule has 3 aromatic carbocycles. The van der Waals surface area contributed by atoms with Gasteiger partial charge in [-0.25, -0.2) is 14.4 Å². The Bertz CT molecular complexity index is 1610. The highest BCUT2D eigenvalue weighted by molar-refractivity contribution is 14.1. The third kappa shape index (κ3) is 1.90. The molecule has 0 unspecified atom stereocenters. The molecule has 0 bridgehead atoms. The van der Waals surface area contributed by atoms with E-state index in [1.807, 2.05) is 71.1 Å². The number of fused-ring (bicyclic) bond motifs is 9. The van der Waals surface area contributed by atoms with Gasteiger partial charge in [-0.1, -0.05) is 30.3 Å². The van der Waals surface area contributed by atoms with Gasteiger partial charge in [-0.15, -0.1) is 0 Å². The minimum absolute atomic E-state index is 0.0654. The molecular weight excluding hydrogens is 451 g/mol. The average Bonchev–Trinajstić information content (AvgIpc) is 3.09. The van der Waals surface area contributed by atoms with E-state index in [0.717, 1.165) is 36.7 Å². The molecule has 0 atom stereocenters. The second kappa shape index (κ2) is 5.26. The van der Waals surface area contributed by atoms with Crippen LogP contribution in [0, 0.1) is 3.57 Å². The number of imidazole rings is 1. The molecule has 0 saturated carbocycles. The van der Waals surface area contributed by atoms with Crippen molar-refractivity contribution in [1.29, 1.82) is 0 Å². The zero-order chi connectivity index (χ0) is 18.1. The van der Waals surface area contributed by atoms with Crippen LogP contribution in [0.15, 0.2) is 71.5 Å². The summed E-state index contributed by atoms with van der Waals surface area (Å²) in [6.07, 6.45) is 0. The number of hydrogen-bond donors (Lipinski definition) is 0. The molecule has 6 heteroatoms. The van der Waals surface area contributed by atoms with Crippen molar-refractivity contribution in [1.82, 2.24) is 18.8 Å². The SMILES string of the molecule is O=c1c2cccc(I)c2nc2n1c1ccccc1c1nc3ccccc3n12. The summed E-state index contributed by atoms with van der Waals surface area (Å²) in [5, 5.41) is 1.54. The van der Waals surface area contributed by atoms with E-state index in [1.54, 1.807) is 4.40 Å². The van der Waals surface area contributed by atoms with Crippen LogP contribution < -0.4 is 5.56 Å². The number of rotatable bonds is 0. The molecule has 0 aliphatic heterocycles. The summed E-state index contributed by atoms with van der Waals surface area (Å²) in [5.41, 5.74) is 4.10. The second-order valence-electron chi connectivity index (χ2n) is 6.47. The number of benzene rings is 3. The third-order valence-corrected chi connectivity index (χ3v) is 5.85. The lowest BCUT2D eigenvalue weighted by molar-refractivity contribution is 1.05. The van der Waals surface area contributed by atoms with Crippen molar-refractivity contribution in [2.75, 3.05) is 0 Å². The van der Waals surface area contributed by atoms with E-state index in [4.69, 9.17) is 9.97 Å². The van der Waals surface area contributed by atoms with Gasteiger partial charge in [0, 0.05) is 8.96 Å². The smallest absolute Gasteiger partial charge is 0.267 e. The highest BCUT2D eigenvalue weighted by Crippen LogP contribution is 2.27. The normalized spacial score (nSPS) is 12.0. The van der Waals surface area contributed by atoms with Gasteiger partial charge in [0.05, 0.1) is 27.5 Å². The molecule has 0 spiro atoms. The number of para-hydroxylation sites is 4. The van der Waals surface area contributed by atoms with Gasteiger partial charge in [-0.2, -0.15) is 0 Å². The molecule has 6 rings (SSSR count). The molecule has 5 nitrogen and oxygen atoms in total. The maximum absolute atomic E-state index is 13.4. The van der Waals surface area contributed by atoms with Crippen LogP contribution in [0.5, 0.6) is 0 Å². The van der Waals surface area contributed by atoms with Crippen molar-refractivity contribution in [3.63, 3.8) is 0 Å². The summed E-state index contributed by atoms with van der Waals surface area (Å²) in [5.74, 6) is 0.582. The van der Waals surface area contributed by atoms with Crippen molar-refractivity contribution >= 4 is 66.9 Å². The minimum Gasteiger partial charge on any atom is -0.268 e. The largest absolute Gasteiger partial charge is 0.268 e. The first-order valence-corrected chi connectivity index (χ1v) is 9.61. The van der Waals surface area contributed by atoms with Gasteiger partial charge in [0.2, 0.25) is 5.78 Å². The fourth-order valence-corrected chi connectivity index (χ4v) is 4.42. The first-order valence-electron chi connectivity index (χ1n) is 8.53. The summed E-state index contributed by atoms with van der Waals surface area (Å²) in [4.78, 5) is 23.2. The van der Waals surface area contributed by atoms with E-state index in [-0.39, 0.29) is 5.56 Å². The van der Waals surface area contributed by atoms with E-state index < -0.39 is 0 Å². The minimum atomic E-state index is -0.0654. The van der Waals surface area contributed by atoms with E-state index in [1.165, 1.54) is 0 Å². The van der Waals surface area contributed by atoms with Crippen LogP contribution in [0.3, 0.4) is 0 Å². The van der Waals surface area contributed by atoms with Crippen LogP contribution in [0.1, 0.15) is 0 Å². The Morgan fingerprint density at radius 3 is 2.37 bits per heavy atom. The molecule has 0 amide bonds. The molecule has 3 heterocycles. The highest BCUT2D eigenvalue weighted by atomic mass is 127. The van der Waals surface area contributed by atoms with Crippen molar-refractivity contribution < 1.29 is 0 Å². The maximum atomic E-state index is 13.4. The number of halogens is 1. The summed E-state index contributed by atoms with van der Waals surface area (Å²) >= 11 is 2.23. The van der Waals surface area contributed by atoms with Crippen LogP contribution in [-0.4, -0.2) is 18.8 Å². The molecular formula is C21H11IN4O. The zero-order valence-electron chi connectivity index (χ0n) is 13.9. The molecule has 0 aliphatic rings. The number of hydrogen-bond acceptors (Lipinski definition) is 3. The lowest BCUT2D eigenvalue weighted by Crippen LogP contribution is -2.19. The molecule has 0 fully saturated rings. The van der Waals surface area contributed by atoms with Crippen molar-refractivity contribution in [3.8, 4) is 0 Å². The summed E-state index contributed by atoms with van der Waals surface area (Å²) in [7, 11) is 0. The zero-order valence-corrected chi connectivity index (χ0v) is 16.1. The lowest BCUT2D eigenvalue weighted by Gasteiger charge is -2.11. The monoisotopic (exact) mass is 462 g/mol. The van der Waals surface area contributed by atoms with Crippen LogP contribution in [0.25, 0.3) is 44.3 Å². The van der Waals surface area contributed by atoms with Gasteiger partial charge in [0.1, 0.15) is 5.65 Å². The van der Waals surface area contributed by atoms with Crippen LogP contribution in [0.4, 0.5) is 0 Å². The standard InChI is InChI=1S/C21H11IN4O/c22-14-8-5-7-13-18(14)24-21-25-17-11-4-2-9-15(17)23-19(25)12-6-1-3-10-16(12)26(21)20(13)27/h1-11H. The van der Waals surface area contributed by atoms with Gasteiger partial charge in [-0.05, 0) is 59.0 Å². The Morgan fingerprint density at radius 2 is 1.48 bits per heavy atom. The highest BCUT2D eigenvalue weighted by Gasteiger charge is 2.17. The van der Waals surface area contributed by atoms with Crippen molar-refractivity contribution in [2.24, 2.45) is 0 Å². The molecule has 0 radical (unpaired) electrons. The van der Waals surface area contributed by atoms with Gasteiger partial charge >= 0.3 is 0 Å². The first-order chi connectivity index (χ1) is 13.2. The fraction of sp³-hybridized carbons (Fsp3) is 0. The predicted molar refractivity (Wildman–Crippen MR) is 115 cm³/mol. The third-order valence-electron chi connectivity index (χ3n) is 4.98. The van der Waals surface area contributed by atoms with Gasteiger partial charge < -0.3 is 0 Å². The molecule has 6 aromatic rings. The van der Waals surface area contributed by atoms with Crippen molar-refractivity contribution in [3.05, 3.63) is 80.7 Å². The Hall–Kier alpha value is -3.00. The molecule has 27 heavy (non-hydrogen) atoms. The molecule has 128 valence electrons. The van der Waals surface area contributed by atoms with Gasteiger partial charge in [-0.3, -0.25) is 9.20 Å². The Morgan fingerprint density at radius 1 is 0.741 bits per heavy atom. The molecule has 3 aromatic heterocycles. The number of aromatic nitrogens is 4. The Balaban J connectivity index is 2.08. The summed E-state index contributed by atoms with van der Waals surface area (Å²) in [6, 6.07) is 21.5. The van der Waals surface area contributed by atoms with E-state index in [0.29, 0.717) is 11.2 Å². The molecule has 0 saturated heterocycles. The van der Waals surface area contributed by atoms with Crippen LogP contribution in [0.2, 0.25) is 0 Å².